The molecule has 0 bridgehead atoms. The van der Waals surface area contributed by atoms with E-state index < -0.39 is 4.92 Å². The molecule has 1 aromatic carbocycles. The number of carbonyl (C=O) groups excluding carboxylic acids is 2. The van der Waals surface area contributed by atoms with Gasteiger partial charge in [-0.25, -0.2) is 0 Å². The lowest BCUT2D eigenvalue weighted by Crippen LogP contribution is -1.99. The van der Waals surface area contributed by atoms with Gasteiger partial charge in [0.1, 0.15) is 5.78 Å². The number of hydrogen-bond acceptors (Lipinski definition) is 4. The molecule has 17 heavy (non-hydrogen) atoms. The monoisotopic (exact) mass is 233 g/mol. The topological polar surface area (TPSA) is 77.3 Å². The molecule has 0 aliphatic rings. The number of hydrogen-bond donors (Lipinski definition) is 0. The molecule has 0 atom stereocenters. The number of non-ortho nitro benzene ring substituents is 1. The van der Waals surface area contributed by atoms with Gasteiger partial charge in [-0.15, -0.1) is 0 Å². The Morgan fingerprint density at radius 3 is 2.71 bits per heavy atom. The first-order valence-electron chi connectivity index (χ1n) is 4.94. The Morgan fingerprint density at radius 2 is 2.12 bits per heavy atom. The molecule has 0 spiro atoms. The van der Waals surface area contributed by atoms with Crippen LogP contribution in [0.4, 0.5) is 5.69 Å². The minimum Gasteiger partial charge on any atom is -0.300 e. The fourth-order valence-corrected chi connectivity index (χ4v) is 1.24. The Morgan fingerprint density at radius 1 is 1.41 bits per heavy atom. The summed E-state index contributed by atoms with van der Waals surface area (Å²) >= 11 is 0. The van der Waals surface area contributed by atoms with E-state index in [1.54, 1.807) is 6.07 Å². The summed E-state index contributed by atoms with van der Waals surface area (Å²) < 4.78 is 0. The second-order valence-corrected chi connectivity index (χ2v) is 3.53. The average Bonchev–Trinajstić information content (AvgIpc) is 2.26. The molecule has 0 aliphatic carbocycles. The largest absolute Gasteiger partial charge is 0.300 e. The minimum atomic E-state index is -0.505. The maximum atomic E-state index is 11.2. The number of rotatable bonds is 5. The van der Waals surface area contributed by atoms with Crippen LogP contribution in [0.3, 0.4) is 0 Å². The summed E-state index contributed by atoms with van der Waals surface area (Å²) in [5.41, 5.74) is 0.516. The van der Waals surface area contributed by atoms with Crippen molar-refractivity contribution < 1.29 is 14.5 Å². The van der Waals surface area contributed by atoms with Gasteiger partial charge in [-0.1, -0.05) is 18.2 Å². The van der Waals surface area contributed by atoms with Crippen LogP contribution in [0, 0.1) is 10.1 Å². The molecule has 5 heteroatoms. The van der Waals surface area contributed by atoms with E-state index in [-0.39, 0.29) is 23.7 Å². The van der Waals surface area contributed by atoms with Gasteiger partial charge in [-0.3, -0.25) is 19.7 Å². The van der Waals surface area contributed by atoms with Crippen LogP contribution in [-0.4, -0.2) is 16.5 Å². The predicted octanol–water partition coefficient (Wildman–Crippen LogP) is 2.16. The van der Waals surface area contributed by atoms with Gasteiger partial charge in [0.2, 0.25) is 0 Å². The molecule has 0 saturated carbocycles. The summed E-state index contributed by atoms with van der Waals surface area (Å²) in [7, 11) is 0. The number of carbonyl (C=O) groups is 2. The first-order valence-corrected chi connectivity index (χ1v) is 4.94. The zero-order valence-electron chi connectivity index (χ0n) is 9.25. The third-order valence-corrected chi connectivity index (χ3v) is 1.97. The van der Waals surface area contributed by atoms with Crippen molar-refractivity contribution in [2.75, 3.05) is 0 Å². The predicted molar refractivity (Wildman–Crippen MR) is 62.4 cm³/mol. The highest BCUT2D eigenvalue weighted by Gasteiger charge is 2.04. The molecule has 0 saturated heterocycles. The Kier molecular flexibility index (Phi) is 4.28. The number of Topliss-reactive ketones (excluding diaryl/α,β-unsaturated/α-hetero) is 1. The van der Waals surface area contributed by atoms with Gasteiger partial charge in [0, 0.05) is 12.1 Å². The average molecular weight is 233 g/mol. The highest BCUT2D eigenvalue weighted by Crippen LogP contribution is 2.14. The molecule has 0 aromatic heterocycles. The molecular formula is C12H11NO4. The first kappa shape index (κ1) is 12.8. The van der Waals surface area contributed by atoms with Crippen LogP contribution < -0.4 is 0 Å². The number of nitrogens with zero attached hydrogens (tertiary/aromatic N) is 1. The van der Waals surface area contributed by atoms with E-state index in [0.29, 0.717) is 5.56 Å². The lowest BCUT2D eigenvalue weighted by Gasteiger charge is -1.94. The molecule has 0 fully saturated rings. The van der Waals surface area contributed by atoms with Crippen molar-refractivity contribution in [2.24, 2.45) is 0 Å². The second-order valence-electron chi connectivity index (χ2n) is 3.53. The molecule has 1 aromatic rings. The third-order valence-electron chi connectivity index (χ3n) is 1.97. The van der Waals surface area contributed by atoms with Gasteiger partial charge < -0.3 is 0 Å². The minimum absolute atomic E-state index is 0.0360. The maximum absolute atomic E-state index is 11.2. The number of benzene rings is 1. The highest BCUT2D eigenvalue weighted by molar-refractivity contribution is 6.05. The fraction of sp³-hybridized carbons (Fsp3) is 0.167. The van der Waals surface area contributed by atoms with Crippen molar-refractivity contribution in [3.8, 4) is 0 Å². The van der Waals surface area contributed by atoms with E-state index in [4.69, 9.17) is 0 Å². The molecule has 0 radical (unpaired) electrons. The quantitative estimate of drug-likeness (QED) is 0.338. The van der Waals surface area contributed by atoms with Gasteiger partial charge in [0.25, 0.3) is 5.69 Å². The number of nitro benzene ring substituents is 1. The summed E-state index contributed by atoms with van der Waals surface area (Å²) in [6, 6.07) is 5.91. The Balaban J connectivity index is 2.78. The van der Waals surface area contributed by atoms with Crippen LogP contribution in [0.5, 0.6) is 0 Å². The molecule has 1 rings (SSSR count). The van der Waals surface area contributed by atoms with Crippen LogP contribution in [0.2, 0.25) is 0 Å². The molecule has 0 amide bonds. The van der Waals surface area contributed by atoms with Crippen LogP contribution in [-0.2, 0) is 9.59 Å². The summed E-state index contributed by atoms with van der Waals surface area (Å²) in [5.74, 6) is -0.525. The summed E-state index contributed by atoms with van der Waals surface area (Å²) in [4.78, 5) is 31.9. The van der Waals surface area contributed by atoms with Gasteiger partial charge >= 0.3 is 0 Å². The van der Waals surface area contributed by atoms with Crippen molar-refractivity contribution in [1.82, 2.24) is 0 Å². The zero-order valence-corrected chi connectivity index (χ0v) is 9.25. The summed E-state index contributed by atoms with van der Waals surface area (Å²) in [6.07, 6.45) is 2.56. The van der Waals surface area contributed by atoms with E-state index in [1.807, 2.05) is 0 Å². The van der Waals surface area contributed by atoms with E-state index in [0.717, 1.165) is 0 Å². The maximum Gasteiger partial charge on any atom is 0.270 e. The van der Waals surface area contributed by atoms with Gasteiger partial charge in [-0.05, 0) is 18.6 Å². The Bertz CT molecular complexity index is 491. The lowest BCUT2D eigenvalue weighted by atomic mass is 10.1. The second kappa shape index (κ2) is 5.69. The smallest absolute Gasteiger partial charge is 0.270 e. The van der Waals surface area contributed by atoms with Crippen molar-refractivity contribution in [3.05, 3.63) is 46.0 Å². The molecule has 0 unspecified atom stereocenters. The van der Waals surface area contributed by atoms with Crippen LogP contribution in [0.1, 0.15) is 18.9 Å². The molecule has 0 aliphatic heterocycles. The first-order chi connectivity index (χ1) is 7.99. The highest BCUT2D eigenvalue weighted by atomic mass is 16.6. The Labute approximate surface area is 97.9 Å². The third kappa shape index (κ3) is 4.38. The lowest BCUT2D eigenvalue weighted by molar-refractivity contribution is -0.384. The molecule has 0 N–H and O–H groups in total. The fourth-order valence-electron chi connectivity index (χ4n) is 1.24. The van der Waals surface area contributed by atoms with Gasteiger partial charge in [-0.2, -0.15) is 0 Å². The van der Waals surface area contributed by atoms with E-state index >= 15 is 0 Å². The van der Waals surface area contributed by atoms with Crippen molar-refractivity contribution in [3.63, 3.8) is 0 Å². The summed E-state index contributed by atoms with van der Waals surface area (Å²) in [5, 5.41) is 10.5. The molecule has 0 heterocycles. The van der Waals surface area contributed by atoms with Crippen molar-refractivity contribution in [1.29, 1.82) is 0 Å². The van der Waals surface area contributed by atoms with Crippen LogP contribution in [0.25, 0.3) is 6.08 Å². The van der Waals surface area contributed by atoms with Crippen molar-refractivity contribution >= 4 is 23.3 Å². The van der Waals surface area contributed by atoms with Crippen molar-refractivity contribution in [2.45, 2.75) is 13.3 Å². The number of nitro groups is 1. The van der Waals surface area contributed by atoms with Crippen LogP contribution in [0.15, 0.2) is 30.3 Å². The SMILES string of the molecule is CC(=O)CC(=O)/C=C/c1cccc([N+](=O)[O-])c1. The van der Waals surface area contributed by atoms with Gasteiger partial charge in [0.05, 0.1) is 11.3 Å². The van der Waals surface area contributed by atoms with E-state index in [2.05, 4.69) is 0 Å². The standard InChI is InChI=1S/C12H11NO4/c1-9(14)7-12(15)6-5-10-3-2-4-11(8-10)13(16)17/h2-6,8H,7H2,1H3/b6-5+. The Hall–Kier alpha value is -2.30. The normalized spacial score (nSPS) is 10.4. The molecular weight excluding hydrogens is 222 g/mol. The van der Waals surface area contributed by atoms with E-state index in [1.165, 1.54) is 37.3 Å². The van der Waals surface area contributed by atoms with Gasteiger partial charge in [0.15, 0.2) is 5.78 Å². The molecule has 88 valence electrons. The van der Waals surface area contributed by atoms with E-state index in [9.17, 15) is 19.7 Å². The summed E-state index contributed by atoms with van der Waals surface area (Å²) in [6.45, 7) is 1.33. The number of allylic oxidation sites excluding steroid dienone is 1. The molecule has 5 nitrogen and oxygen atoms in total. The number of ketones is 2. The van der Waals surface area contributed by atoms with Crippen LogP contribution >= 0.6 is 0 Å². The zero-order chi connectivity index (χ0) is 12.8.